The maximum Gasteiger partial charge on any atom is 0.224 e. The molecule has 0 amide bonds. The van der Waals surface area contributed by atoms with Gasteiger partial charge in [-0.15, -0.1) is 0 Å². The summed E-state index contributed by atoms with van der Waals surface area (Å²) in [5.74, 6) is -3.18. The number of ether oxygens (including phenoxy) is 1. The zero-order valence-electron chi connectivity index (χ0n) is 16.7. The van der Waals surface area contributed by atoms with E-state index in [0.717, 1.165) is 31.7 Å². The van der Waals surface area contributed by atoms with E-state index in [0.29, 0.717) is 12.0 Å². The Morgan fingerprint density at radius 2 is 1.93 bits per heavy atom. The molecular formula is C20H25F2N5O2. The number of benzene rings is 1. The molecule has 9 heteroatoms. The molecule has 3 rings (SSSR count). The fourth-order valence-corrected chi connectivity index (χ4v) is 3.61. The number of rotatable bonds is 6. The van der Waals surface area contributed by atoms with Crippen LogP contribution < -0.4 is 15.8 Å². The van der Waals surface area contributed by atoms with Crippen LogP contribution in [0.1, 0.15) is 41.6 Å². The van der Waals surface area contributed by atoms with Gasteiger partial charge in [-0.2, -0.15) is 4.98 Å². The van der Waals surface area contributed by atoms with Crippen molar-refractivity contribution in [2.75, 3.05) is 32.3 Å². The number of nitrogens with one attached hydrogen (secondary N) is 1. The number of hydrogen-bond donors (Lipinski definition) is 2. The highest BCUT2D eigenvalue weighted by molar-refractivity contribution is 6.13. The second-order valence-electron chi connectivity index (χ2n) is 7.37. The Bertz CT molecular complexity index is 899. The molecule has 29 heavy (non-hydrogen) atoms. The van der Waals surface area contributed by atoms with Crippen molar-refractivity contribution in [1.82, 2.24) is 14.9 Å². The molecule has 0 spiro atoms. The van der Waals surface area contributed by atoms with Gasteiger partial charge >= 0.3 is 0 Å². The van der Waals surface area contributed by atoms with Gasteiger partial charge in [0.25, 0.3) is 0 Å². The molecule has 7 nitrogen and oxygen atoms in total. The summed E-state index contributed by atoms with van der Waals surface area (Å²) >= 11 is 0. The number of aromatic nitrogens is 2. The molecular weight excluding hydrogens is 380 g/mol. The Morgan fingerprint density at radius 3 is 2.52 bits per heavy atom. The van der Waals surface area contributed by atoms with Gasteiger partial charge < -0.3 is 20.7 Å². The van der Waals surface area contributed by atoms with Crippen LogP contribution in [0.3, 0.4) is 0 Å². The minimum Gasteiger partial charge on any atom is -0.496 e. The molecule has 1 aromatic heterocycles. The molecule has 1 aliphatic carbocycles. The lowest BCUT2D eigenvalue weighted by molar-refractivity contribution is 0.103. The maximum absolute atomic E-state index is 14.2. The van der Waals surface area contributed by atoms with Crippen LogP contribution >= 0.6 is 0 Å². The van der Waals surface area contributed by atoms with Crippen molar-refractivity contribution < 1.29 is 18.3 Å². The van der Waals surface area contributed by atoms with Crippen molar-refractivity contribution in [3.8, 4) is 5.75 Å². The molecule has 0 radical (unpaired) electrons. The summed E-state index contributed by atoms with van der Waals surface area (Å²) in [6.07, 6.45) is 5.30. The standard InChI is InChI=1S/C20H25F2N5O2/c1-27(2)12-6-4-11(5-7-12)25-20-24-10-13(19(23)26-20)18(28)16-15(29-3)9-8-14(21)17(16)22/h8-12H,4-7H2,1-3H3,(H3,23,24,25,26)/t11-,12-. The van der Waals surface area contributed by atoms with E-state index in [9.17, 15) is 13.6 Å². The molecule has 0 bridgehead atoms. The quantitative estimate of drug-likeness (QED) is 0.714. The van der Waals surface area contributed by atoms with Crippen molar-refractivity contribution in [3.63, 3.8) is 0 Å². The lowest BCUT2D eigenvalue weighted by Crippen LogP contribution is -2.36. The van der Waals surface area contributed by atoms with Gasteiger partial charge in [0.2, 0.25) is 11.7 Å². The van der Waals surface area contributed by atoms with E-state index in [2.05, 4.69) is 34.3 Å². The average Bonchev–Trinajstić information content (AvgIpc) is 2.70. The van der Waals surface area contributed by atoms with Crippen LogP contribution in [-0.2, 0) is 0 Å². The van der Waals surface area contributed by atoms with E-state index < -0.39 is 23.0 Å². The van der Waals surface area contributed by atoms with Crippen LogP contribution in [0.15, 0.2) is 18.3 Å². The Kier molecular flexibility index (Phi) is 6.26. The molecule has 0 unspecified atom stereocenters. The van der Waals surface area contributed by atoms with Crippen LogP contribution in [0.4, 0.5) is 20.5 Å². The van der Waals surface area contributed by atoms with Gasteiger partial charge in [-0.1, -0.05) is 0 Å². The first-order valence-corrected chi connectivity index (χ1v) is 9.44. The molecule has 2 aromatic rings. The topological polar surface area (TPSA) is 93.4 Å². The number of methoxy groups -OCH3 is 1. The number of nitrogen functional groups attached to an aromatic ring is 1. The molecule has 0 atom stereocenters. The predicted molar refractivity (Wildman–Crippen MR) is 106 cm³/mol. The zero-order chi connectivity index (χ0) is 21.1. The van der Waals surface area contributed by atoms with Crippen LogP contribution in [0, 0.1) is 11.6 Å². The van der Waals surface area contributed by atoms with E-state index in [4.69, 9.17) is 10.5 Å². The molecule has 1 saturated carbocycles. The van der Waals surface area contributed by atoms with Gasteiger partial charge in [0.05, 0.1) is 12.7 Å². The molecule has 3 N–H and O–H groups in total. The first-order valence-electron chi connectivity index (χ1n) is 9.44. The molecule has 0 saturated heterocycles. The summed E-state index contributed by atoms with van der Waals surface area (Å²) in [6, 6.07) is 2.86. The van der Waals surface area contributed by atoms with Crippen LogP contribution in [0.25, 0.3) is 0 Å². The first-order chi connectivity index (χ1) is 13.8. The summed E-state index contributed by atoms with van der Waals surface area (Å²) in [5.41, 5.74) is 5.28. The number of carbonyl (C=O) groups is 1. The van der Waals surface area contributed by atoms with Gasteiger partial charge in [0, 0.05) is 18.3 Å². The third-order valence-corrected chi connectivity index (χ3v) is 5.33. The number of hydrogen-bond acceptors (Lipinski definition) is 7. The maximum atomic E-state index is 14.2. The molecule has 1 fully saturated rings. The van der Waals surface area contributed by atoms with Gasteiger partial charge in [-0.25, -0.2) is 13.8 Å². The van der Waals surface area contributed by atoms with Crippen molar-refractivity contribution in [2.24, 2.45) is 0 Å². The van der Waals surface area contributed by atoms with Crippen LogP contribution in [0.5, 0.6) is 5.75 Å². The SMILES string of the molecule is COc1ccc(F)c(F)c1C(=O)c1cnc(N[C@H]2CC[C@H](N(C)C)CC2)nc1N. The van der Waals surface area contributed by atoms with Gasteiger partial charge in [-0.05, 0) is 51.9 Å². The van der Waals surface area contributed by atoms with E-state index >= 15 is 0 Å². The van der Waals surface area contributed by atoms with E-state index in [1.54, 1.807) is 0 Å². The predicted octanol–water partition coefficient (Wildman–Crippen LogP) is 2.86. The average molecular weight is 405 g/mol. The summed E-state index contributed by atoms with van der Waals surface area (Å²) < 4.78 is 32.8. The smallest absolute Gasteiger partial charge is 0.224 e. The number of nitrogens with zero attached hydrogens (tertiary/aromatic N) is 3. The zero-order valence-corrected chi connectivity index (χ0v) is 16.7. The Hall–Kier alpha value is -2.81. The lowest BCUT2D eigenvalue weighted by Gasteiger charge is -2.32. The molecule has 1 heterocycles. The van der Waals surface area contributed by atoms with Crippen molar-refractivity contribution in [2.45, 2.75) is 37.8 Å². The summed E-state index contributed by atoms with van der Waals surface area (Å²) in [4.78, 5) is 23.3. The number of nitrogens with two attached hydrogens (primary N) is 1. The second kappa shape index (κ2) is 8.69. The van der Waals surface area contributed by atoms with Crippen LogP contribution in [0.2, 0.25) is 0 Å². The fourth-order valence-electron chi connectivity index (χ4n) is 3.61. The molecule has 1 aromatic carbocycles. The monoisotopic (exact) mass is 405 g/mol. The Balaban J connectivity index is 1.77. The third kappa shape index (κ3) is 4.45. The highest BCUT2D eigenvalue weighted by atomic mass is 19.2. The van der Waals surface area contributed by atoms with Crippen molar-refractivity contribution in [1.29, 1.82) is 0 Å². The van der Waals surface area contributed by atoms with Gasteiger partial charge in [0.15, 0.2) is 11.6 Å². The minimum absolute atomic E-state index is 0.0897. The highest BCUT2D eigenvalue weighted by Gasteiger charge is 2.26. The minimum atomic E-state index is -1.30. The van der Waals surface area contributed by atoms with Crippen molar-refractivity contribution in [3.05, 3.63) is 41.1 Å². The fraction of sp³-hybridized carbons (Fsp3) is 0.450. The first kappa shape index (κ1) is 20.9. The molecule has 156 valence electrons. The van der Waals surface area contributed by atoms with E-state index in [-0.39, 0.29) is 23.2 Å². The summed E-state index contributed by atoms with van der Waals surface area (Å²) in [5, 5.41) is 3.24. The number of halogens is 2. The van der Waals surface area contributed by atoms with Gasteiger partial charge in [0.1, 0.15) is 17.1 Å². The van der Waals surface area contributed by atoms with Crippen LogP contribution in [-0.4, -0.2) is 53.9 Å². The highest BCUT2D eigenvalue weighted by Crippen LogP contribution is 2.28. The largest absolute Gasteiger partial charge is 0.496 e. The summed E-state index contributed by atoms with van der Waals surface area (Å²) in [7, 11) is 5.42. The second-order valence-corrected chi connectivity index (χ2v) is 7.37. The Labute approximate surface area is 168 Å². The normalized spacial score (nSPS) is 19.2. The van der Waals surface area contributed by atoms with Gasteiger partial charge in [-0.3, -0.25) is 4.79 Å². The Morgan fingerprint density at radius 1 is 1.24 bits per heavy atom. The van der Waals surface area contributed by atoms with E-state index in [1.165, 1.54) is 19.4 Å². The number of ketones is 1. The lowest BCUT2D eigenvalue weighted by atomic mass is 9.90. The molecule has 0 aliphatic heterocycles. The molecule has 1 aliphatic rings. The number of carbonyl (C=O) groups excluding carboxylic acids is 1. The number of anilines is 2. The third-order valence-electron chi connectivity index (χ3n) is 5.33. The van der Waals surface area contributed by atoms with Crippen molar-refractivity contribution >= 4 is 17.5 Å². The summed E-state index contributed by atoms with van der Waals surface area (Å²) in [6.45, 7) is 0. The van der Waals surface area contributed by atoms with E-state index in [1.807, 2.05) is 0 Å².